The summed E-state index contributed by atoms with van der Waals surface area (Å²) >= 11 is 15.1. The van der Waals surface area contributed by atoms with Gasteiger partial charge in [0.25, 0.3) is 0 Å². The molecule has 1 aromatic heterocycles. The van der Waals surface area contributed by atoms with Crippen LogP contribution < -0.4 is 10.6 Å². The summed E-state index contributed by atoms with van der Waals surface area (Å²) in [5, 5.41) is 10.5. The minimum Gasteiger partial charge on any atom is -0.370 e. The second kappa shape index (κ2) is 10.8. The molecule has 0 atom stereocenters. The molecule has 0 saturated heterocycles. The van der Waals surface area contributed by atoms with Crippen LogP contribution in [0.25, 0.3) is 0 Å². The number of thioether (sulfide) groups is 1. The van der Waals surface area contributed by atoms with Gasteiger partial charge in [-0.1, -0.05) is 29.1 Å². The van der Waals surface area contributed by atoms with E-state index in [1.54, 1.807) is 29.3 Å². The van der Waals surface area contributed by atoms with E-state index < -0.39 is 9.84 Å². The number of sulfone groups is 1. The van der Waals surface area contributed by atoms with E-state index in [-0.39, 0.29) is 16.5 Å². The van der Waals surface area contributed by atoms with Crippen molar-refractivity contribution in [3.63, 3.8) is 0 Å². The molecule has 2 aromatic rings. The Morgan fingerprint density at radius 1 is 1.33 bits per heavy atom. The number of hydrogen-bond donors (Lipinski definition) is 2. The summed E-state index contributed by atoms with van der Waals surface area (Å²) in [5.41, 5.74) is 0. The first-order valence-electron chi connectivity index (χ1n) is 7.71. The van der Waals surface area contributed by atoms with Gasteiger partial charge in [0.05, 0.1) is 26.9 Å². The third-order valence-electron chi connectivity index (χ3n) is 3.14. The lowest BCUT2D eigenvalue weighted by atomic mass is 10.4. The first-order valence-corrected chi connectivity index (χ1v) is 12.0. The lowest BCUT2D eigenvalue weighted by Crippen LogP contribution is -2.29. The van der Waals surface area contributed by atoms with E-state index in [1.165, 1.54) is 18.2 Å². The second-order valence-electron chi connectivity index (χ2n) is 5.12. The van der Waals surface area contributed by atoms with Gasteiger partial charge >= 0.3 is 0 Å². The molecule has 0 bridgehead atoms. The van der Waals surface area contributed by atoms with E-state index in [0.717, 1.165) is 21.9 Å². The molecule has 0 fully saturated rings. The van der Waals surface area contributed by atoms with Gasteiger partial charge < -0.3 is 10.6 Å². The average Bonchev–Trinajstić information content (AvgIpc) is 3.14. The van der Waals surface area contributed by atoms with Gasteiger partial charge in [-0.3, -0.25) is 0 Å². The van der Waals surface area contributed by atoms with E-state index >= 15 is 0 Å². The maximum atomic E-state index is 12.6. The van der Waals surface area contributed by atoms with Crippen LogP contribution in [0.4, 0.5) is 0 Å². The molecule has 10 heteroatoms. The SMILES string of the molecule is C#CCN/C(=C/S(=O)(=O)c1ccc(Cl)c(Cl)c1)NCCSCc1nccs1. The van der Waals surface area contributed by atoms with Crippen LogP contribution in [0.1, 0.15) is 5.01 Å². The number of terminal acetylenes is 1. The summed E-state index contributed by atoms with van der Waals surface area (Å²) in [7, 11) is -3.72. The van der Waals surface area contributed by atoms with Crippen molar-refractivity contribution in [2.45, 2.75) is 10.6 Å². The predicted octanol–water partition coefficient (Wildman–Crippen LogP) is 3.77. The van der Waals surface area contributed by atoms with Crippen LogP contribution >= 0.6 is 46.3 Å². The van der Waals surface area contributed by atoms with Crippen molar-refractivity contribution in [2.24, 2.45) is 0 Å². The van der Waals surface area contributed by atoms with Gasteiger partial charge in [-0.05, 0) is 18.2 Å². The molecule has 0 saturated carbocycles. The number of thiazole rings is 1. The highest BCUT2D eigenvalue weighted by Gasteiger charge is 2.15. The first-order chi connectivity index (χ1) is 12.9. The van der Waals surface area contributed by atoms with Crippen LogP contribution in [0.3, 0.4) is 0 Å². The largest absolute Gasteiger partial charge is 0.370 e. The molecule has 27 heavy (non-hydrogen) atoms. The summed E-state index contributed by atoms with van der Waals surface area (Å²) in [6.07, 6.45) is 7.03. The van der Waals surface area contributed by atoms with Crippen molar-refractivity contribution in [3.05, 3.63) is 56.1 Å². The number of halogens is 2. The van der Waals surface area contributed by atoms with Gasteiger partial charge in [-0.2, -0.15) is 11.8 Å². The Morgan fingerprint density at radius 2 is 2.15 bits per heavy atom. The Bertz CT molecular complexity index is 923. The molecule has 0 radical (unpaired) electrons. The van der Waals surface area contributed by atoms with Crippen LogP contribution in [0, 0.1) is 12.3 Å². The number of rotatable bonds is 10. The summed E-state index contributed by atoms with van der Waals surface area (Å²) in [6, 6.07) is 4.17. The van der Waals surface area contributed by atoms with Crippen molar-refractivity contribution in [1.29, 1.82) is 0 Å². The van der Waals surface area contributed by atoms with Crippen molar-refractivity contribution in [1.82, 2.24) is 15.6 Å². The van der Waals surface area contributed by atoms with E-state index in [0.29, 0.717) is 17.4 Å². The number of benzene rings is 1. The van der Waals surface area contributed by atoms with Crippen molar-refractivity contribution >= 4 is 56.1 Å². The molecule has 1 aromatic carbocycles. The van der Waals surface area contributed by atoms with Gasteiger partial charge in [-0.25, -0.2) is 13.4 Å². The minimum absolute atomic E-state index is 0.0526. The average molecular weight is 462 g/mol. The van der Waals surface area contributed by atoms with E-state index in [1.807, 2.05) is 5.38 Å². The molecule has 0 amide bonds. The predicted molar refractivity (Wildman–Crippen MR) is 115 cm³/mol. The van der Waals surface area contributed by atoms with Gasteiger partial charge in [0.1, 0.15) is 10.8 Å². The van der Waals surface area contributed by atoms with Gasteiger partial charge in [-0.15, -0.1) is 17.8 Å². The Morgan fingerprint density at radius 3 is 2.81 bits per heavy atom. The molecule has 0 spiro atoms. The smallest absolute Gasteiger partial charge is 0.203 e. The number of nitrogens with zero attached hydrogens (tertiary/aromatic N) is 1. The maximum Gasteiger partial charge on any atom is 0.203 e. The van der Waals surface area contributed by atoms with Crippen LogP contribution in [0.5, 0.6) is 0 Å². The van der Waals surface area contributed by atoms with Crippen LogP contribution in [-0.4, -0.2) is 32.2 Å². The van der Waals surface area contributed by atoms with Crippen LogP contribution in [0.15, 0.2) is 45.9 Å². The standard InChI is InChI=1S/C17H17Cl2N3O2S3/c1-2-5-20-16(21-6-8-25-11-17-22-7-9-26-17)12-27(23,24)13-3-4-14(18)15(19)10-13/h1,3-4,7,9-10,12,20-21H,5-6,8,11H2/b16-12-. The molecular formula is C17H17Cl2N3O2S3. The maximum absolute atomic E-state index is 12.6. The summed E-state index contributed by atoms with van der Waals surface area (Å²) in [6.45, 7) is 0.762. The molecule has 5 nitrogen and oxygen atoms in total. The number of aromatic nitrogens is 1. The van der Waals surface area contributed by atoms with Gasteiger partial charge in [0.15, 0.2) is 0 Å². The Balaban J connectivity index is 2.00. The molecule has 2 rings (SSSR count). The number of nitrogens with one attached hydrogen (secondary N) is 2. The molecular weight excluding hydrogens is 445 g/mol. The monoisotopic (exact) mass is 461 g/mol. The molecule has 0 aliphatic carbocycles. The summed E-state index contributed by atoms with van der Waals surface area (Å²) in [4.78, 5) is 4.27. The zero-order valence-electron chi connectivity index (χ0n) is 14.1. The highest BCUT2D eigenvalue weighted by molar-refractivity contribution is 7.98. The molecule has 0 unspecified atom stereocenters. The third kappa shape index (κ3) is 7.28. The summed E-state index contributed by atoms with van der Waals surface area (Å²) < 4.78 is 25.2. The van der Waals surface area contributed by atoms with Crippen LogP contribution in [0.2, 0.25) is 10.0 Å². The second-order valence-corrected chi connectivity index (χ2v) is 9.81. The Labute approximate surface area is 177 Å². The zero-order chi connectivity index (χ0) is 19.7. The molecule has 0 aliphatic rings. The highest BCUT2D eigenvalue weighted by Crippen LogP contribution is 2.25. The molecule has 1 heterocycles. The molecule has 0 aliphatic heterocycles. The quantitative estimate of drug-likeness (QED) is 0.414. The summed E-state index contributed by atoms with van der Waals surface area (Å²) in [5.74, 6) is 4.35. The van der Waals surface area contributed by atoms with Crippen molar-refractivity contribution in [2.75, 3.05) is 18.8 Å². The lowest BCUT2D eigenvalue weighted by molar-refractivity contribution is 0.603. The Kier molecular flexibility index (Phi) is 8.80. The fourth-order valence-corrected chi connectivity index (χ4v) is 4.99. The number of hydrogen-bond acceptors (Lipinski definition) is 7. The van der Waals surface area contributed by atoms with Gasteiger partial charge in [0, 0.05) is 29.6 Å². The molecule has 144 valence electrons. The van der Waals surface area contributed by atoms with E-state index in [2.05, 4.69) is 21.5 Å². The lowest BCUT2D eigenvalue weighted by Gasteiger charge is -2.12. The van der Waals surface area contributed by atoms with Crippen molar-refractivity contribution < 1.29 is 8.42 Å². The minimum atomic E-state index is -3.72. The Hall–Kier alpha value is -1.37. The highest BCUT2D eigenvalue weighted by atomic mass is 35.5. The van der Waals surface area contributed by atoms with Crippen LogP contribution in [-0.2, 0) is 15.6 Å². The normalized spacial score (nSPS) is 11.8. The van der Waals surface area contributed by atoms with Crippen molar-refractivity contribution in [3.8, 4) is 12.3 Å². The molecule has 2 N–H and O–H groups in total. The first kappa shape index (κ1) is 21.9. The van der Waals surface area contributed by atoms with E-state index in [9.17, 15) is 8.42 Å². The topological polar surface area (TPSA) is 71.1 Å². The third-order valence-corrected chi connectivity index (χ3v) is 7.27. The fraction of sp³-hybridized carbons (Fsp3) is 0.235. The van der Waals surface area contributed by atoms with E-state index in [4.69, 9.17) is 29.6 Å². The van der Waals surface area contributed by atoms with Gasteiger partial charge in [0.2, 0.25) is 9.84 Å². The zero-order valence-corrected chi connectivity index (χ0v) is 18.1. The fourth-order valence-electron chi connectivity index (χ4n) is 1.91.